The number of hydrogen-bond donors (Lipinski definition) is 0. The molecule has 1 heterocycles. The molecule has 1 saturated heterocycles. The predicted molar refractivity (Wildman–Crippen MR) is 79.0 cm³/mol. The molecule has 0 N–H and O–H groups in total. The molecule has 5 nitrogen and oxygen atoms in total. The number of anilines is 1. The summed E-state index contributed by atoms with van der Waals surface area (Å²) in [5.74, 6) is -0.0393. The molecule has 1 fully saturated rings. The highest BCUT2D eigenvalue weighted by Crippen LogP contribution is 2.23. The number of para-hydroxylation sites is 1. The normalized spacial score (nSPS) is 17.9. The van der Waals surface area contributed by atoms with Gasteiger partial charge in [0.2, 0.25) is 15.9 Å². The summed E-state index contributed by atoms with van der Waals surface area (Å²) in [7, 11) is -1.37. The van der Waals surface area contributed by atoms with Crippen LogP contribution >= 0.6 is 0 Å². The van der Waals surface area contributed by atoms with Crippen molar-refractivity contribution in [1.29, 1.82) is 0 Å². The Morgan fingerprint density at radius 3 is 2.25 bits per heavy atom. The molecule has 2 rings (SSSR count). The van der Waals surface area contributed by atoms with Gasteiger partial charge in [-0.1, -0.05) is 18.2 Å². The fourth-order valence-electron chi connectivity index (χ4n) is 2.49. The van der Waals surface area contributed by atoms with E-state index in [1.54, 1.807) is 11.9 Å². The van der Waals surface area contributed by atoms with Gasteiger partial charge < -0.3 is 4.90 Å². The standard InChI is InChI=1S/C14H20N2O3S/c1-15(13-6-4-3-5-7-13)14(17)12-8-10-16(11-9-12)20(2,18)19/h3-7,12H,8-11H2,1-2H3. The SMILES string of the molecule is CN(C(=O)C1CCN(S(C)(=O)=O)CC1)c1ccccc1. The Hall–Kier alpha value is -1.40. The first-order chi connectivity index (χ1) is 9.39. The molecule has 0 spiro atoms. The molecule has 0 radical (unpaired) electrons. The van der Waals surface area contributed by atoms with Crippen LogP contribution in [0.5, 0.6) is 0 Å². The van der Waals surface area contributed by atoms with E-state index in [4.69, 9.17) is 0 Å². The number of benzene rings is 1. The second-order valence-electron chi connectivity index (χ2n) is 5.17. The third kappa shape index (κ3) is 3.37. The van der Waals surface area contributed by atoms with E-state index in [-0.39, 0.29) is 11.8 Å². The Bertz CT molecular complexity index is 563. The first kappa shape index (κ1) is 15.0. The molecular weight excluding hydrogens is 276 g/mol. The van der Waals surface area contributed by atoms with Crippen molar-refractivity contribution in [2.75, 3.05) is 31.3 Å². The van der Waals surface area contributed by atoms with E-state index in [0.717, 1.165) is 5.69 Å². The summed E-state index contributed by atoms with van der Waals surface area (Å²) in [4.78, 5) is 14.1. The number of nitrogens with zero attached hydrogens (tertiary/aromatic N) is 2. The summed E-state index contributed by atoms with van der Waals surface area (Å²) in [6.07, 6.45) is 2.39. The number of sulfonamides is 1. The van der Waals surface area contributed by atoms with Crippen molar-refractivity contribution in [3.63, 3.8) is 0 Å². The Kier molecular flexibility index (Phi) is 4.45. The van der Waals surface area contributed by atoms with Crippen LogP contribution in [-0.4, -0.2) is 45.0 Å². The van der Waals surface area contributed by atoms with Gasteiger partial charge in [-0.25, -0.2) is 12.7 Å². The van der Waals surface area contributed by atoms with Crippen LogP contribution < -0.4 is 4.90 Å². The van der Waals surface area contributed by atoms with Gasteiger partial charge in [0.05, 0.1) is 6.26 Å². The average Bonchev–Trinajstić information content (AvgIpc) is 2.46. The molecule has 1 aromatic rings. The van der Waals surface area contributed by atoms with Crippen molar-refractivity contribution in [3.05, 3.63) is 30.3 Å². The molecule has 0 unspecified atom stereocenters. The van der Waals surface area contributed by atoms with Crippen LogP contribution in [0.15, 0.2) is 30.3 Å². The van der Waals surface area contributed by atoms with E-state index in [9.17, 15) is 13.2 Å². The van der Waals surface area contributed by atoms with Gasteiger partial charge in [-0.05, 0) is 25.0 Å². The van der Waals surface area contributed by atoms with Gasteiger partial charge in [0.25, 0.3) is 0 Å². The van der Waals surface area contributed by atoms with Crippen LogP contribution in [0.4, 0.5) is 5.69 Å². The highest BCUT2D eigenvalue weighted by molar-refractivity contribution is 7.88. The number of rotatable bonds is 3. The average molecular weight is 296 g/mol. The van der Waals surface area contributed by atoms with E-state index < -0.39 is 10.0 Å². The lowest BCUT2D eigenvalue weighted by Crippen LogP contribution is -2.43. The monoisotopic (exact) mass is 296 g/mol. The van der Waals surface area contributed by atoms with Crippen LogP contribution in [0.3, 0.4) is 0 Å². The maximum atomic E-state index is 12.4. The van der Waals surface area contributed by atoms with Crippen molar-refractivity contribution in [3.8, 4) is 0 Å². The second kappa shape index (κ2) is 5.93. The topological polar surface area (TPSA) is 57.7 Å². The van der Waals surface area contributed by atoms with Crippen LogP contribution in [0.25, 0.3) is 0 Å². The molecule has 0 saturated carbocycles. The van der Waals surface area contributed by atoms with Crippen LogP contribution in [0, 0.1) is 5.92 Å². The highest BCUT2D eigenvalue weighted by Gasteiger charge is 2.30. The quantitative estimate of drug-likeness (QED) is 0.845. The van der Waals surface area contributed by atoms with Gasteiger partial charge >= 0.3 is 0 Å². The minimum absolute atomic E-state index is 0.0596. The minimum atomic E-state index is -3.14. The lowest BCUT2D eigenvalue weighted by Gasteiger charge is -2.31. The third-order valence-corrected chi connectivity index (χ3v) is 5.05. The fourth-order valence-corrected chi connectivity index (χ4v) is 3.36. The van der Waals surface area contributed by atoms with Gasteiger partial charge in [-0.15, -0.1) is 0 Å². The molecule has 1 aliphatic heterocycles. The lowest BCUT2D eigenvalue weighted by atomic mass is 9.96. The molecule has 1 amide bonds. The van der Waals surface area contributed by atoms with E-state index in [0.29, 0.717) is 25.9 Å². The maximum Gasteiger partial charge on any atom is 0.229 e. The number of amides is 1. The largest absolute Gasteiger partial charge is 0.315 e. The predicted octanol–water partition coefficient (Wildman–Crippen LogP) is 1.32. The number of carbonyl (C=O) groups excluding carboxylic acids is 1. The van der Waals surface area contributed by atoms with Crippen molar-refractivity contribution in [1.82, 2.24) is 4.31 Å². The van der Waals surface area contributed by atoms with Crippen molar-refractivity contribution in [2.24, 2.45) is 5.92 Å². The zero-order chi connectivity index (χ0) is 14.8. The van der Waals surface area contributed by atoms with Crippen molar-refractivity contribution >= 4 is 21.6 Å². The minimum Gasteiger partial charge on any atom is -0.315 e. The van der Waals surface area contributed by atoms with Crippen LogP contribution in [0.2, 0.25) is 0 Å². The molecule has 1 aliphatic rings. The van der Waals surface area contributed by atoms with Gasteiger partial charge in [-0.3, -0.25) is 4.79 Å². The number of hydrogen-bond acceptors (Lipinski definition) is 3. The van der Waals surface area contributed by atoms with Gasteiger partial charge in [0.1, 0.15) is 0 Å². The molecule has 0 aromatic heterocycles. The smallest absolute Gasteiger partial charge is 0.229 e. The molecule has 110 valence electrons. The summed E-state index contributed by atoms with van der Waals surface area (Å²) in [6, 6.07) is 9.48. The van der Waals surface area contributed by atoms with E-state index >= 15 is 0 Å². The van der Waals surface area contributed by atoms with Gasteiger partial charge in [0, 0.05) is 31.7 Å². The Balaban J connectivity index is 1.99. The molecule has 0 aliphatic carbocycles. The number of piperidine rings is 1. The van der Waals surface area contributed by atoms with Crippen LogP contribution in [-0.2, 0) is 14.8 Å². The lowest BCUT2D eigenvalue weighted by molar-refractivity contribution is -0.123. The molecular formula is C14H20N2O3S. The summed E-state index contributed by atoms with van der Waals surface area (Å²) in [6.45, 7) is 0.857. The summed E-state index contributed by atoms with van der Waals surface area (Å²) < 4.78 is 24.3. The Morgan fingerprint density at radius 1 is 1.20 bits per heavy atom. The summed E-state index contributed by atoms with van der Waals surface area (Å²) in [5, 5.41) is 0. The van der Waals surface area contributed by atoms with Crippen LogP contribution in [0.1, 0.15) is 12.8 Å². The van der Waals surface area contributed by atoms with E-state index in [1.807, 2.05) is 30.3 Å². The Morgan fingerprint density at radius 2 is 1.75 bits per heavy atom. The van der Waals surface area contributed by atoms with Gasteiger partial charge in [-0.2, -0.15) is 0 Å². The van der Waals surface area contributed by atoms with Gasteiger partial charge in [0.15, 0.2) is 0 Å². The maximum absolute atomic E-state index is 12.4. The third-order valence-electron chi connectivity index (χ3n) is 3.75. The van der Waals surface area contributed by atoms with E-state index in [2.05, 4.69) is 0 Å². The van der Waals surface area contributed by atoms with Crippen molar-refractivity contribution < 1.29 is 13.2 Å². The van der Waals surface area contributed by atoms with Crippen molar-refractivity contribution in [2.45, 2.75) is 12.8 Å². The Labute approximate surface area is 120 Å². The summed E-state index contributed by atoms with van der Waals surface area (Å²) >= 11 is 0. The first-order valence-corrected chi connectivity index (χ1v) is 8.52. The first-order valence-electron chi connectivity index (χ1n) is 6.67. The highest BCUT2D eigenvalue weighted by atomic mass is 32.2. The zero-order valence-corrected chi connectivity index (χ0v) is 12.6. The molecule has 1 aromatic carbocycles. The second-order valence-corrected chi connectivity index (χ2v) is 7.15. The molecule has 20 heavy (non-hydrogen) atoms. The van der Waals surface area contributed by atoms with E-state index in [1.165, 1.54) is 10.6 Å². The fraction of sp³-hybridized carbons (Fsp3) is 0.500. The molecule has 0 bridgehead atoms. The molecule has 0 atom stereocenters. The molecule has 6 heteroatoms. The number of carbonyl (C=O) groups is 1. The zero-order valence-electron chi connectivity index (χ0n) is 11.8. The summed E-state index contributed by atoms with van der Waals surface area (Å²) in [5.41, 5.74) is 0.864.